The minimum atomic E-state index is 0.314. The summed E-state index contributed by atoms with van der Waals surface area (Å²) < 4.78 is 0. The minimum absolute atomic E-state index is 0.314. The van der Waals surface area contributed by atoms with Crippen molar-refractivity contribution in [1.29, 1.82) is 0 Å². The van der Waals surface area contributed by atoms with E-state index in [4.69, 9.17) is 0 Å². The fourth-order valence-electron chi connectivity index (χ4n) is 2.43. The Morgan fingerprint density at radius 3 is 2.50 bits per heavy atom. The average molecular weight is 340 g/mol. The molecule has 1 amide bonds. The first kappa shape index (κ1) is 15.4. The van der Waals surface area contributed by atoms with E-state index in [1.165, 1.54) is 5.56 Å². The van der Waals surface area contributed by atoms with Crippen LogP contribution in [0, 0.1) is 0 Å². The molecule has 2 rings (SSSR count). The SMILES string of the molecule is O=C(CCCCBr)N1CCN(Cc2ccncc2)CC1. The van der Waals surface area contributed by atoms with Gasteiger partial charge in [0.2, 0.25) is 5.91 Å². The lowest BCUT2D eigenvalue weighted by molar-refractivity contribution is -0.133. The number of aromatic nitrogens is 1. The summed E-state index contributed by atoms with van der Waals surface area (Å²) in [6.07, 6.45) is 6.42. The van der Waals surface area contributed by atoms with Gasteiger partial charge in [-0.1, -0.05) is 15.9 Å². The molecule has 4 nitrogen and oxygen atoms in total. The second-order valence-electron chi connectivity index (χ2n) is 5.16. The number of piperazine rings is 1. The Bertz CT molecular complexity index is 405. The number of hydrogen-bond donors (Lipinski definition) is 0. The Labute approximate surface area is 129 Å². The van der Waals surface area contributed by atoms with Crippen molar-refractivity contribution in [2.75, 3.05) is 31.5 Å². The van der Waals surface area contributed by atoms with Crippen LogP contribution in [0.4, 0.5) is 0 Å². The van der Waals surface area contributed by atoms with Crippen molar-refractivity contribution >= 4 is 21.8 Å². The van der Waals surface area contributed by atoms with E-state index in [-0.39, 0.29) is 0 Å². The predicted molar refractivity (Wildman–Crippen MR) is 83.7 cm³/mol. The maximum absolute atomic E-state index is 12.0. The summed E-state index contributed by atoms with van der Waals surface area (Å²) in [5.41, 5.74) is 1.29. The van der Waals surface area contributed by atoms with Gasteiger partial charge in [-0.2, -0.15) is 0 Å². The molecule has 0 aromatic carbocycles. The maximum Gasteiger partial charge on any atom is 0.222 e. The van der Waals surface area contributed by atoms with Gasteiger partial charge in [0.25, 0.3) is 0 Å². The van der Waals surface area contributed by atoms with Crippen LogP contribution in [0.3, 0.4) is 0 Å². The number of halogens is 1. The molecule has 0 saturated carbocycles. The van der Waals surface area contributed by atoms with Crippen LogP contribution in [0.5, 0.6) is 0 Å². The predicted octanol–water partition coefficient (Wildman–Crippen LogP) is 2.29. The molecule has 0 unspecified atom stereocenters. The van der Waals surface area contributed by atoms with Gasteiger partial charge in [-0.3, -0.25) is 14.7 Å². The lowest BCUT2D eigenvalue weighted by atomic mass is 10.2. The zero-order chi connectivity index (χ0) is 14.2. The highest BCUT2D eigenvalue weighted by Gasteiger charge is 2.20. The van der Waals surface area contributed by atoms with Crippen molar-refractivity contribution in [3.8, 4) is 0 Å². The second-order valence-corrected chi connectivity index (χ2v) is 5.95. The summed E-state index contributed by atoms with van der Waals surface area (Å²) in [4.78, 5) is 20.5. The maximum atomic E-state index is 12.0. The van der Waals surface area contributed by atoms with Crippen LogP contribution in [0.15, 0.2) is 24.5 Å². The number of amides is 1. The Hall–Kier alpha value is -0.940. The topological polar surface area (TPSA) is 36.4 Å². The zero-order valence-corrected chi connectivity index (χ0v) is 13.4. The standard InChI is InChI=1S/C15H22BrN3O/c16-6-2-1-3-15(20)19-11-9-18(10-12-19)13-14-4-7-17-8-5-14/h4-5,7-8H,1-3,6,9-13H2. The van der Waals surface area contributed by atoms with E-state index < -0.39 is 0 Å². The molecule has 1 saturated heterocycles. The molecule has 1 aliphatic rings. The fraction of sp³-hybridized carbons (Fsp3) is 0.600. The summed E-state index contributed by atoms with van der Waals surface area (Å²) in [7, 11) is 0. The van der Waals surface area contributed by atoms with Crippen molar-refractivity contribution in [1.82, 2.24) is 14.8 Å². The fourth-order valence-corrected chi connectivity index (χ4v) is 2.83. The molecule has 2 heterocycles. The lowest BCUT2D eigenvalue weighted by Crippen LogP contribution is -2.48. The summed E-state index contributed by atoms with van der Waals surface area (Å²) >= 11 is 3.40. The van der Waals surface area contributed by atoms with E-state index >= 15 is 0 Å². The van der Waals surface area contributed by atoms with Gasteiger partial charge in [-0.25, -0.2) is 0 Å². The van der Waals surface area contributed by atoms with E-state index in [0.717, 1.165) is 50.9 Å². The molecule has 1 aliphatic heterocycles. The number of pyridine rings is 1. The van der Waals surface area contributed by atoms with E-state index in [1.807, 2.05) is 17.3 Å². The normalized spacial score (nSPS) is 16.4. The third-order valence-electron chi connectivity index (χ3n) is 3.65. The quantitative estimate of drug-likeness (QED) is 0.589. The van der Waals surface area contributed by atoms with Crippen LogP contribution in [0.25, 0.3) is 0 Å². The van der Waals surface area contributed by atoms with Crippen LogP contribution < -0.4 is 0 Å². The molecule has 110 valence electrons. The number of hydrogen-bond acceptors (Lipinski definition) is 3. The molecule has 0 aliphatic carbocycles. The molecule has 0 atom stereocenters. The summed E-state index contributed by atoms with van der Waals surface area (Å²) in [5.74, 6) is 0.314. The molecule has 20 heavy (non-hydrogen) atoms. The van der Waals surface area contributed by atoms with E-state index in [2.05, 4.69) is 37.9 Å². The van der Waals surface area contributed by atoms with Crippen molar-refractivity contribution in [2.45, 2.75) is 25.8 Å². The van der Waals surface area contributed by atoms with Gasteiger partial charge in [0.15, 0.2) is 0 Å². The first-order chi connectivity index (χ1) is 9.79. The number of carbonyl (C=O) groups is 1. The number of rotatable bonds is 6. The molecule has 1 aromatic rings. The van der Waals surface area contributed by atoms with Gasteiger partial charge in [-0.05, 0) is 30.5 Å². The minimum Gasteiger partial charge on any atom is -0.340 e. The van der Waals surface area contributed by atoms with Gasteiger partial charge in [-0.15, -0.1) is 0 Å². The van der Waals surface area contributed by atoms with Crippen LogP contribution in [0.2, 0.25) is 0 Å². The van der Waals surface area contributed by atoms with E-state index in [1.54, 1.807) is 0 Å². The molecule has 5 heteroatoms. The Balaban J connectivity index is 1.71. The number of unbranched alkanes of at least 4 members (excludes halogenated alkanes) is 1. The molecule has 0 bridgehead atoms. The third kappa shape index (κ3) is 4.87. The second kappa shape index (κ2) is 8.37. The molecule has 0 N–H and O–H groups in total. The van der Waals surface area contributed by atoms with Gasteiger partial charge >= 0.3 is 0 Å². The molecule has 1 aromatic heterocycles. The molecular weight excluding hydrogens is 318 g/mol. The first-order valence-corrected chi connectivity index (χ1v) is 8.37. The zero-order valence-electron chi connectivity index (χ0n) is 11.8. The van der Waals surface area contributed by atoms with Gasteiger partial charge < -0.3 is 4.90 Å². The van der Waals surface area contributed by atoms with Gasteiger partial charge in [0, 0.05) is 56.9 Å². The van der Waals surface area contributed by atoms with Crippen molar-refractivity contribution < 1.29 is 4.79 Å². The molecule has 1 fully saturated rings. The van der Waals surface area contributed by atoms with Gasteiger partial charge in [0.1, 0.15) is 0 Å². The van der Waals surface area contributed by atoms with Crippen molar-refractivity contribution in [3.63, 3.8) is 0 Å². The summed E-state index contributed by atoms with van der Waals surface area (Å²) in [6.45, 7) is 4.60. The van der Waals surface area contributed by atoms with Gasteiger partial charge in [0.05, 0.1) is 0 Å². The largest absolute Gasteiger partial charge is 0.340 e. The van der Waals surface area contributed by atoms with Crippen LogP contribution >= 0.6 is 15.9 Å². The number of carbonyl (C=O) groups excluding carboxylic acids is 1. The van der Waals surface area contributed by atoms with Crippen LogP contribution in [-0.2, 0) is 11.3 Å². The molecule has 0 spiro atoms. The van der Waals surface area contributed by atoms with E-state index in [0.29, 0.717) is 12.3 Å². The Kier molecular flexibility index (Phi) is 6.47. The van der Waals surface area contributed by atoms with Crippen molar-refractivity contribution in [2.24, 2.45) is 0 Å². The monoisotopic (exact) mass is 339 g/mol. The van der Waals surface area contributed by atoms with E-state index in [9.17, 15) is 4.79 Å². The number of nitrogens with zero attached hydrogens (tertiary/aromatic N) is 3. The molecular formula is C15H22BrN3O. The Morgan fingerprint density at radius 2 is 1.85 bits per heavy atom. The van der Waals surface area contributed by atoms with Crippen LogP contribution in [0.1, 0.15) is 24.8 Å². The smallest absolute Gasteiger partial charge is 0.222 e. The lowest BCUT2D eigenvalue weighted by Gasteiger charge is -2.34. The highest BCUT2D eigenvalue weighted by Crippen LogP contribution is 2.10. The summed E-state index contributed by atoms with van der Waals surface area (Å²) in [5, 5.41) is 0.986. The highest BCUT2D eigenvalue weighted by molar-refractivity contribution is 9.09. The van der Waals surface area contributed by atoms with Crippen molar-refractivity contribution in [3.05, 3.63) is 30.1 Å². The third-order valence-corrected chi connectivity index (χ3v) is 4.22. The average Bonchev–Trinajstić information content (AvgIpc) is 2.49. The Morgan fingerprint density at radius 1 is 1.15 bits per heavy atom. The molecule has 0 radical (unpaired) electrons. The first-order valence-electron chi connectivity index (χ1n) is 7.24. The highest BCUT2D eigenvalue weighted by atomic mass is 79.9. The van der Waals surface area contributed by atoms with Crippen LogP contribution in [-0.4, -0.2) is 52.2 Å². The number of alkyl halides is 1. The summed E-state index contributed by atoms with van der Waals surface area (Å²) in [6, 6.07) is 4.11.